The fourth-order valence-corrected chi connectivity index (χ4v) is 1.25. The monoisotopic (exact) mass is 258 g/mol. The van der Waals surface area contributed by atoms with Crippen LogP contribution in [0.15, 0.2) is 12.1 Å². The maximum atomic E-state index is 10.7. The van der Waals surface area contributed by atoms with Crippen LogP contribution in [0.1, 0.15) is 10.5 Å². The number of carbonyl (C=O) groups is 2. The van der Waals surface area contributed by atoms with E-state index >= 15 is 0 Å². The Bertz CT molecular complexity index is 438. The van der Waals surface area contributed by atoms with Crippen LogP contribution in [0.2, 0.25) is 5.02 Å². The third-order valence-corrected chi connectivity index (χ3v) is 2.08. The first-order valence-corrected chi connectivity index (χ1v) is 5.05. The van der Waals surface area contributed by atoms with Gasteiger partial charge in [0.05, 0.1) is 5.02 Å². The predicted molar refractivity (Wildman–Crippen MR) is 62.3 cm³/mol. The molecule has 0 bridgehead atoms. The van der Waals surface area contributed by atoms with E-state index in [-0.39, 0.29) is 10.7 Å². The number of aromatic nitrogens is 1. The highest BCUT2D eigenvalue weighted by atomic mass is 35.5. The maximum absolute atomic E-state index is 10.7. The number of aromatic carboxylic acids is 1. The first kappa shape index (κ1) is 13.0. The quantitative estimate of drug-likeness (QED) is 0.574. The second-order valence-corrected chi connectivity index (χ2v) is 3.46. The Morgan fingerprint density at radius 1 is 1.41 bits per heavy atom. The van der Waals surface area contributed by atoms with Crippen LogP contribution in [0.4, 0.5) is 10.6 Å². The van der Waals surface area contributed by atoms with Gasteiger partial charge in [0, 0.05) is 13.1 Å². The Kier molecular flexibility index (Phi) is 4.53. The maximum Gasteiger partial charge on any atom is 0.356 e. The Labute approximate surface area is 102 Å². The van der Waals surface area contributed by atoms with E-state index in [0.717, 1.165) is 0 Å². The third-order valence-electron chi connectivity index (χ3n) is 1.78. The van der Waals surface area contributed by atoms with E-state index in [1.54, 1.807) is 6.07 Å². The molecule has 0 aromatic carbocycles. The number of hydrogen-bond acceptors (Lipinski definition) is 4. The summed E-state index contributed by atoms with van der Waals surface area (Å²) in [4.78, 5) is 24.9. The van der Waals surface area contributed by atoms with E-state index in [2.05, 4.69) is 15.6 Å². The number of nitrogens with two attached hydrogens (primary N) is 1. The van der Waals surface area contributed by atoms with Gasteiger partial charge in [-0.25, -0.2) is 14.6 Å². The number of anilines is 1. The molecular weight excluding hydrogens is 248 g/mol. The van der Waals surface area contributed by atoms with Crippen LogP contribution < -0.4 is 16.4 Å². The number of nitrogens with zero attached hydrogens (tertiary/aromatic N) is 1. The van der Waals surface area contributed by atoms with Crippen LogP contribution >= 0.6 is 11.6 Å². The van der Waals surface area contributed by atoms with Gasteiger partial charge in [-0.1, -0.05) is 11.6 Å². The summed E-state index contributed by atoms with van der Waals surface area (Å²) in [5, 5.41) is 14.0. The fraction of sp³-hybridized carbons (Fsp3) is 0.222. The van der Waals surface area contributed by atoms with Crippen molar-refractivity contribution in [3.63, 3.8) is 0 Å². The Hall–Kier alpha value is -2.02. The number of hydrogen-bond donors (Lipinski definition) is 4. The van der Waals surface area contributed by atoms with Crippen LogP contribution in [0.25, 0.3) is 0 Å². The van der Waals surface area contributed by atoms with Gasteiger partial charge in [-0.05, 0) is 12.1 Å². The van der Waals surface area contributed by atoms with Crippen LogP contribution in [0.5, 0.6) is 0 Å². The lowest BCUT2D eigenvalue weighted by Crippen LogP contribution is -2.33. The summed E-state index contributed by atoms with van der Waals surface area (Å²) in [6.07, 6.45) is 0. The molecule has 1 rings (SSSR count). The zero-order valence-corrected chi connectivity index (χ0v) is 9.49. The van der Waals surface area contributed by atoms with E-state index in [1.807, 2.05) is 0 Å². The Balaban J connectivity index is 2.57. The number of carbonyl (C=O) groups excluding carboxylic acids is 1. The zero-order valence-electron chi connectivity index (χ0n) is 8.74. The zero-order chi connectivity index (χ0) is 12.8. The van der Waals surface area contributed by atoms with E-state index in [4.69, 9.17) is 22.4 Å². The normalized spacial score (nSPS) is 9.71. The molecule has 0 fully saturated rings. The van der Waals surface area contributed by atoms with Crippen molar-refractivity contribution in [2.24, 2.45) is 5.73 Å². The lowest BCUT2D eigenvalue weighted by atomic mass is 10.3. The number of rotatable bonds is 5. The van der Waals surface area contributed by atoms with Crippen LogP contribution in [0, 0.1) is 0 Å². The lowest BCUT2D eigenvalue weighted by molar-refractivity contribution is 0.0691. The van der Waals surface area contributed by atoms with Gasteiger partial charge < -0.3 is 21.5 Å². The summed E-state index contributed by atoms with van der Waals surface area (Å²) in [6, 6.07) is 2.35. The van der Waals surface area contributed by atoms with E-state index in [0.29, 0.717) is 18.9 Å². The summed E-state index contributed by atoms with van der Waals surface area (Å²) >= 11 is 5.65. The second-order valence-electron chi connectivity index (χ2n) is 3.05. The topological polar surface area (TPSA) is 117 Å². The minimum Gasteiger partial charge on any atom is -0.476 e. The molecule has 0 unspecified atom stereocenters. The van der Waals surface area contributed by atoms with Crippen molar-refractivity contribution in [2.75, 3.05) is 18.4 Å². The van der Waals surface area contributed by atoms with Gasteiger partial charge >= 0.3 is 12.0 Å². The second kappa shape index (κ2) is 5.90. The van der Waals surface area contributed by atoms with E-state index in [9.17, 15) is 9.59 Å². The number of urea groups is 1. The first-order valence-electron chi connectivity index (χ1n) is 4.67. The van der Waals surface area contributed by atoms with Crippen LogP contribution in [-0.2, 0) is 0 Å². The third kappa shape index (κ3) is 4.15. The number of primary amides is 1. The number of nitrogens with one attached hydrogen (secondary N) is 2. The molecule has 1 aromatic rings. The van der Waals surface area contributed by atoms with Crippen LogP contribution in [-0.4, -0.2) is 35.2 Å². The van der Waals surface area contributed by atoms with Gasteiger partial charge in [-0.3, -0.25) is 0 Å². The molecule has 8 heteroatoms. The van der Waals surface area contributed by atoms with Crippen molar-refractivity contribution in [3.8, 4) is 0 Å². The summed E-state index contributed by atoms with van der Waals surface area (Å²) < 4.78 is 0. The number of carboxylic acid groups (broad SMARTS) is 1. The lowest BCUT2D eigenvalue weighted by Gasteiger charge is -2.07. The van der Waals surface area contributed by atoms with Gasteiger partial charge in [-0.2, -0.15) is 0 Å². The molecule has 0 aliphatic carbocycles. The molecule has 0 radical (unpaired) electrons. The summed E-state index contributed by atoms with van der Waals surface area (Å²) in [5.41, 5.74) is 4.64. The summed E-state index contributed by atoms with van der Waals surface area (Å²) in [5.74, 6) is -0.841. The molecule has 0 saturated carbocycles. The first-order chi connectivity index (χ1) is 8.00. The van der Waals surface area contributed by atoms with Crippen molar-refractivity contribution in [3.05, 3.63) is 22.8 Å². The molecule has 0 spiro atoms. The Morgan fingerprint density at radius 2 is 2.12 bits per heavy atom. The molecule has 0 aliphatic rings. The minimum atomic E-state index is -1.20. The predicted octanol–water partition coefficient (Wildman–Crippen LogP) is 0.513. The number of halogens is 1. The van der Waals surface area contributed by atoms with Gasteiger partial charge in [0.2, 0.25) is 0 Å². The molecule has 17 heavy (non-hydrogen) atoms. The van der Waals surface area contributed by atoms with E-state index in [1.165, 1.54) is 6.07 Å². The highest BCUT2D eigenvalue weighted by molar-refractivity contribution is 6.33. The molecule has 5 N–H and O–H groups in total. The molecule has 1 heterocycles. The van der Waals surface area contributed by atoms with Crippen molar-refractivity contribution in [1.29, 1.82) is 0 Å². The summed E-state index contributed by atoms with van der Waals surface area (Å²) in [6.45, 7) is 0.679. The number of pyridine rings is 1. The van der Waals surface area contributed by atoms with E-state index < -0.39 is 12.0 Å². The largest absolute Gasteiger partial charge is 0.476 e. The smallest absolute Gasteiger partial charge is 0.356 e. The van der Waals surface area contributed by atoms with Crippen molar-refractivity contribution in [2.45, 2.75) is 0 Å². The average Bonchev–Trinajstić information content (AvgIpc) is 2.25. The van der Waals surface area contributed by atoms with Gasteiger partial charge in [-0.15, -0.1) is 0 Å². The SMILES string of the molecule is NC(=O)NCCNc1ccc(Cl)c(C(=O)O)n1. The Morgan fingerprint density at radius 3 is 2.71 bits per heavy atom. The number of amides is 2. The van der Waals surface area contributed by atoms with Crippen molar-refractivity contribution in [1.82, 2.24) is 10.3 Å². The fourth-order valence-electron chi connectivity index (χ4n) is 1.07. The van der Waals surface area contributed by atoms with Gasteiger partial charge in [0.1, 0.15) is 5.82 Å². The molecule has 7 nitrogen and oxygen atoms in total. The van der Waals surface area contributed by atoms with Crippen LogP contribution in [0.3, 0.4) is 0 Å². The van der Waals surface area contributed by atoms with Crippen molar-refractivity contribution >= 4 is 29.4 Å². The standard InChI is InChI=1S/C9H11ClN4O3/c10-5-1-2-6(14-7(5)8(15)16)12-3-4-13-9(11)17/h1-2H,3-4H2,(H,12,14)(H,15,16)(H3,11,13,17). The summed E-state index contributed by atoms with van der Waals surface area (Å²) in [7, 11) is 0. The highest BCUT2D eigenvalue weighted by Crippen LogP contribution is 2.16. The molecule has 0 aliphatic heterocycles. The molecule has 92 valence electrons. The average molecular weight is 259 g/mol. The minimum absolute atomic E-state index is 0.0679. The molecule has 0 atom stereocenters. The van der Waals surface area contributed by atoms with Gasteiger partial charge in [0.25, 0.3) is 0 Å². The number of carboxylic acids is 1. The molecule has 2 amide bonds. The van der Waals surface area contributed by atoms with Crippen molar-refractivity contribution < 1.29 is 14.7 Å². The molecular formula is C9H11ClN4O3. The highest BCUT2D eigenvalue weighted by Gasteiger charge is 2.10. The molecule has 1 aromatic heterocycles. The molecule has 0 saturated heterocycles. The van der Waals surface area contributed by atoms with Gasteiger partial charge in [0.15, 0.2) is 5.69 Å².